The van der Waals surface area contributed by atoms with E-state index in [1.54, 1.807) is 0 Å². The number of thiocarbonyl (C=S) groups is 1. The molecule has 3 nitrogen and oxygen atoms in total. The lowest BCUT2D eigenvalue weighted by Gasteiger charge is -2.10. The second-order valence-electron chi connectivity index (χ2n) is 5.89. The molecule has 0 bridgehead atoms. The zero-order chi connectivity index (χ0) is 18.0. The molecule has 0 aliphatic carbocycles. The predicted octanol–water partition coefficient (Wildman–Crippen LogP) is 4.16. The van der Waals surface area contributed by atoms with Crippen LogP contribution in [0.3, 0.4) is 0 Å². The molecule has 4 N–H and O–H groups in total. The second-order valence-corrected chi connectivity index (χ2v) is 6.33. The first-order valence-corrected chi connectivity index (χ1v) is 8.33. The van der Waals surface area contributed by atoms with E-state index in [-0.39, 0.29) is 19.4 Å². The summed E-state index contributed by atoms with van der Waals surface area (Å²) in [6.45, 7) is -0.144. The van der Waals surface area contributed by atoms with E-state index in [4.69, 9.17) is 18.0 Å². The molecule has 6 heteroatoms. The van der Waals surface area contributed by atoms with E-state index in [2.05, 4.69) is 4.98 Å². The fourth-order valence-electron chi connectivity index (χ4n) is 2.98. The summed E-state index contributed by atoms with van der Waals surface area (Å²) in [5, 5.41) is 10.3. The van der Waals surface area contributed by atoms with Crippen molar-refractivity contribution in [2.24, 2.45) is 5.73 Å². The van der Waals surface area contributed by atoms with Gasteiger partial charge in [-0.25, -0.2) is 8.78 Å². The van der Waals surface area contributed by atoms with E-state index >= 15 is 0 Å². The lowest BCUT2D eigenvalue weighted by atomic mass is 9.96. The summed E-state index contributed by atoms with van der Waals surface area (Å²) in [5.41, 5.74) is 10.6. The number of benzene rings is 2. The number of nitrogens with one attached hydrogen (secondary N) is 1. The first kappa shape index (κ1) is 17.5. The number of rotatable bonds is 6. The fraction of sp³-hybridized carbons (Fsp3) is 0.211. The van der Waals surface area contributed by atoms with Gasteiger partial charge in [0, 0.05) is 28.6 Å². The third-order valence-electron chi connectivity index (χ3n) is 4.20. The van der Waals surface area contributed by atoms with E-state index in [0.29, 0.717) is 10.7 Å². The zero-order valence-electron chi connectivity index (χ0n) is 13.4. The van der Waals surface area contributed by atoms with Gasteiger partial charge in [-0.3, -0.25) is 0 Å². The Bertz CT molecular complexity index is 921. The molecule has 130 valence electrons. The number of aliphatic hydroxyl groups excluding tert-OH is 1. The SMILES string of the molecule is NC(=S)c1cccc(-c2ccc(CCC(F)F)c3[nH]c(CO)cc23)c1. The van der Waals surface area contributed by atoms with Gasteiger partial charge in [0.15, 0.2) is 0 Å². The second kappa shape index (κ2) is 7.29. The largest absolute Gasteiger partial charge is 0.390 e. The molecular formula is C19H18F2N2OS. The minimum Gasteiger partial charge on any atom is -0.390 e. The van der Waals surface area contributed by atoms with Gasteiger partial charge in [0.05, 0.1) is 6.61 Å². The molecule has 1 heterocycles. The van der Waals surface area contributed by atoms with Crippen molar-refractivity contribution in [2.75, 3.05) is 0 Å². The molecule has 0 aliphatic rings. The highest BCUT2D eigenvalue weighted by Crippen LogP contribution is 2.32. The van der Waals surface area contributed by atoms with Gasteiger partial charge in [0.25, 0.3) is 0 Å². The summed E-state index contributed by atoms with van der Waals surface area (Å²) < 4.78 is 25.2. The van der Waals surface area contributed by atoms with Crippen LogP contribution < -0.4 is 5.73 Å². The van der Waals surface area contributed by atoms with Gasteiger partial charge in [-0.1, -0.05) is 42.5 Å². The summed E-state index contributed by atoms with van der Waals surface area (Å²) in [6.07, 6.45) is -2.27. The zero-order valence-corrected chi connectivity index (χ0v) is 14.2. The van der Waals surface area contributed by atoms with Crippen molar-refractivity contribution < 1.29 is 13.9 Å². The summed E-state index contributed by atoms with van der Waals surface area (Å²) in [6, 6.07) is 13.2. The lowest BCUT2D eigenvalue weighted by Crippen LogP contribution is -2.08. The van der Waals surface area contributed by atoms with Crippen LogP contribution in [0.15, 0.2) is 42.5 Å². The van der Waals surface area contributed by atoms with E-state index in [1.165, 1.54) is 0 Å². The monoisotopic (exact) mass is 360 g/mol. The number of aliphatic hydroxyl groups is 1. The van der Waals surface area contributed by atoms with E-state index in [1.807, 2.05) is 42.5 Å². The van der Waals surface area contributed by atoms with Crippen LogP contribution in [0.25, 0.3) is 22.0 Å². The quantitative estimate of drug-likeness (QED) is 0.579. The fourth-order valence-corrected chi connectivity index (χ4v) is 3.11. The molecule has 2 aromatic carbocycles. The van der Waals surface area contributed by atoms with Crippen LogP contribution in [0.4, 0.5) is 8.78 Å². The molecule has 0 atom stereocenters. The van der Waals surface area contributed by atoms with Crippen LogP contribution in [0.1, 0.15) is 23.2 Å². The van der Waals surface area contributed by atoms with Crippen molar-refractivity contribution in [3.05, 3.63) is 59.3 Å². The highest BCUT2D eigenvalue weighted by Gasteiger charge is 2.13. The Morgan fingerprint density at radius 2 is 2.00 bits per heavy atom. The number of hydrogen-bond donors (Lipinski definition) is 3. The molecule has 0 fully saturated rings. The number of alkyl halides is 2. The third kappa shape index (κ3) is 3.70. The van der Waals surface area contributed by atoms with Gasteiger partial charge >= 0.3 is 0 Å². The van der Waals surface area contributed by atoms with Crippen LogP contribution in [0.2, 0.25) is 0 Å². The maximum atomic E-state index is 12.6. The Labute approximate surface area is 149 Å². The Morgan fingerprint density at radius 1 is 1.20 bits per heavy atom. The molecule has 0 aliphatic heterocycles. The Kier molecular flexibility index (Phi) is 5.11. The molecule has 0 amide bonds. The van der Waals surface area contributed by atoms with Gasteiger partial charge in [0.1, 0.15) is 4.99 Å². The molecule has 0 saturated heterocycles. The number of aromatic amines is 1. The van der Waals surface area contributed by atoms with Crippen LogP contribution in [-0.4, -0.2) is 21.5 Å². The van der Waals surface area contributed by atoms with Crippen molar-refractivity contribution in [1.29, 1.82) is 0 Å². The minimum atomic E-state index is -2.34. The molecule has 0 unspecified atom stereocenters. The molecular weight excluding hydrogens is 342 g/mol. The van der Waals surface area contributed by atoms with Gasteiger partial charge in [-0.05, 0) is 35.2 Å². The van der Waals surface area contributed by atoms with Crippen LogP contribution in [0, 0.1) is 0 Å². The van der Waals surface area contributed by atoms with Crippen molar-refractivity contribution >= 4 is 28.1 Å². The average Bonchev–Trinajstić information content (AvgIpc) is 3.04. The molecule has 0 radical (unpaired) electrons. The van der Waals surface area contributed by atoms with Crippen molar-refractivity contribution in [3.8, 4) is 11.1 Å². The van der Waals surface area contributed by atoms with E-state index in [9.17, 15) is 13.9 Å². The highest BCUT2D eigenvalue weighted by atomic mass is 32.1. The summed E-state index contributed by atoms with van der Waals surface area (Å²) in [4.78, 5) is 3.46. The topological polar surface area (TPSA) is 62.0 Å². The molecule has 0 saturated carbocycles. The first-order valence-electron chi connectivity index (χ1n) is 7.92. The smallest absolute Gasteiger partial charge is 0.239 e. The number of fused-ring (bicyclic) bond motifs is 1. The van der Waals surface area contributed by atoms with Crippen LogP contribution >= 0.6 is 12.2 Å². The number of halogens is 2. The summed E-state index contributed by atoms with van der Waals surface area (Å²) in [7, 11) is 0. The normalized spacial score (nSPS) is 11.4. The maximum Gasteiger partial charge on any atom is 0.239 e. The predicted molar refractivity (Wildman–Crippen MR) is 99.9 cm³/mol. The lowest BCUT2D eigenvalue weighted by molar-refractivity contribution is 0.138. The number of H-pyrrole nitrogens is 1. The van der Waals surface area contributed by atoms with E-state index < -0.39 is 6.43 Å². The van der Waals surface area contributed by atoms with Gasteiger partial charge in [0.2, 0.25) is 6.43 Å². The van der Waals surface area contributed by atoms with Gasteiger partial charge < -0.3 is 15.8 Å². The Balaban J connectivity index is 2.13. The van der Waals surface area contributed by atoms with Crippen molar-refractivity contribution in [1.82, 2.24) is 4.98 Å². The first-order chi connectivity index (χ1) is 12.0. The molecule has 1 aromatic heterocycles. The minimum absolute atomic E-state index is 0.144. The number of hydrogen-bond acceptors (Lipinski definition) is 2. The standard InChI is InChI=1S/C19H18F2N2OS/c20-17(21)7-5-11-4-6-15(16-9-14(10-24)23-18(11)16)12-2-1-3-13(8-12)19(22)25/h1-4,6,8-9,17,23-24H,5,7,10H2,(H2,22,25). The van der Waals surface area contributed by atoms with Crippen molar-refractivity contribution in [2.45, 2.75) is 25.9 Å². The highest BCUT2D eigenvalue weighted by molar-refractivity contribution is 7.80. The average molecular weight is 360 g/mol. The molecule has 0 spiro atoms. The number of nitrogens with two attached hydrogens (primary N) is 1. The number of aromatic nitrogens is 1. The molecule has 25 heavy (non-hydrogen) atoms. The molecule has 3 rings (SSSR count). The summed E-state index contributed by atoms with van der Waals surface area (Å²) >= 11 is 5.04. The Hall–Kier alpha value is -2.31. The molecule has 3 aromatic rings. The van der Waals surface area contributed by atoms with Crippen LogP contribution in [-0.2, 0) is 13.0 Å². The number of aryl methyl sites for hydroxylation is 1. The van der Waals surface area contributed by atoms with Crippen LogP contribution in [0.5, 0.6) is 0 Å². The third-order valence-corrected chi connectivity index (χ3v) is 4.43. The summed E-state index contributed by atoms with van der Waals surface area (Å²) in [5.74, 6) is 0. The van der Waals surface area contributed by atoms with Crippen molar-refractivity contribution in [3.63, 3.8) is 0 Å². The van der Waals surface area contributed by atoms with Gasteiger partial charge in [-0.2, -0.15) is 0 Å². The van der Waals surface area contributed by atoms with Gasteiger partial charge in [-0.15, -0.1) is 0 Å². The maximum absolute atomic E-state index is 12.6. The van der Waals surface area contributed by atoms with E-state index in [0.717, 1.165) is 33.2 Å². The Morgan fingerprint density at radius 3 is 2.68 bits per heavy atom.